The molecule has 7 nitrogen and oxygen atoms in total. The van der Waals surface area contributed by atoms with Gasteiger partial charge < -0.3 is 15.3 Å². The normalized spacial score (nSPS) is 15.4. The zero-order chi connectivity index (χ0) is 30.9. The molecule has 41 heavy (non-hydrogen) atoms. The molecule has 0 heterocycles. The molecule has 0 bridgehead atoms. The van der Waals surface area contributed by atoms with E-state index in [2.05, 4.69) is 13.0 Å². The number of hydrogen-bond donors (Lipinski definition) is 3. The first-order valence-electron chi connectivity index (χ1n) is 16.9. The number of hydrogen-bond acceptors (Lipinski definition) is 3. The minimum Gasteiger partial charge on any atom is -0.477 e. The monoisotopic (exact) mass is 582 g/mol. The first kappa shape index (κ1) is 39.1. The fourth-order valence-corrected chi connectivity index (χ4v) is 6.62. The van der Waals surface area contributed by atoms with Crippen LogP contribution in [-0.2, 0) is 14.4 Å². The predicted molar refractivity (Wildman–Crippen MR) is 168 cm³/mol. The summed E-state index contributed by atoms with van der Waals surface area (Å²) in [5.74, 6) is -3.41. The van der Waals surface area contributed by atoms with E-state index in [4.69, 9.17) is 0 Å². The van der Waals surface area contributed by atoms with Gasteiger partial charge in [-0.05, 0) is 12.8 Å². The lowest BCUT2D eigenvalue weighted by molar-refractivity contribution is -0.972. The van der Waals surface area contributed by atoms with Crippen molar-refractivity contribution in [3.63, 3.8) is 0 Å². The molecule has 0 spiro atoms. The van der Waals surface area contributed by atoms with Crippen molar-refractivity contribution in [1.82, 2.24) is 0 Å². The third-order valence-corrected chi connectivity index (χ3v) is 8.83. The van der Waals surface area contributed by atoms with E-state index >= 15 is 0 Å². The summed E-state index contributed by atoms with van der Waals surface area (Å²) in [6.45, 7) is 7.53. The van der Waals surface area contributed by atoms with Gasteiger partial charge in [-0.3, -0.25) is 4.48 Å². The Labute approximate surface area is 251 Å². The van der Waals surface area contributed by atoms with Crippen molar-refractivity contribution in [2.45, 2.75) is 181 Å². The summed E-state index contributed by atoms with van der Waals surface area (Å²) in [6, 6.07) is -3.28. The van der Waals surface area contributed by atoms with Gasteiger partial charge in [0.15, 0.2) is 18.1 Å². The number of unbranched alkanes of at least 4 members (excludes halogenated alkanes) is 16. The predicted octanol–water partition coefficient (Wildman–Crippen LogP) is 8.99. The van der Waals surface area contributed by atoms with Gasteiger partial charge in [-0.1, -0.05) is 136 Å². The summed E-state index contributed by atoms with van der Waals surface area (Å²) in [6.07, 6.45) is 27.3. The number of carboxylic acids is 3. The van der Waals surface area contributed by atoms with Crippen LogP contribution in [-0.4, -0.2) is 62.4 Å². The standard InChI is InChI=1S/C34H63NO6/c1-5-9-10-11-12-13-14-15-16-17-18-19-20-21-22-23-24-25-26-27-28-35(29(6-2)32(36)37,30(7-3)33(38)39)31(8-4)34(40)41/h25-26,29-31H,5-24,27-28H2,1-4H3,(H2-,36,37,38,39,40,41)/p+1/b26-25+. The van der Waals surface area contributed by atoms with Gasteiger partial charge >= 0.3 is 17.9 Å². The Hall–Kier alpha value is -1.89. The maximum absolute atomic E-state index is 12.3. The van der Waals surface area contributed by atoms with Gasteiger partial charge in [-0.2, -0.15) is 0 Å². The van der Waals surface area contributed by atoms with Gasteiger partial charge in [0.05, 0.1) is 6.54 Å². The van der Waals surface area contributed by atoms with Crippen LogP contribution in [0, 0.1) is 0 Å². The van der Waals surface area contributed by atoms with E-state index in [1.165, 1.54) is 96.3 Å². The summed E-state index contributed by atoms with van der Waals surface area (Å²) in [5, 5.41) is 30.0. The highest BCUT2D eigenvalue weighted by Gasteiger charge is 2.55. The SMILES string of the molecule is CCCCCCCCCCCCCCCCCC/C=C/CC[N+](C(CC)C(=O)O)(C(CC)C(=O)O)C(CC)C(=O)O. The smallest absolute Gasteiger partial charge is 0.362 e. The zero-order valence-electron chi connectivity index (χ0n) is 27.0. The molecule has 0 saturated heterocycles. The Kier molecular flexibility index (Phi) is 23.5. The summed E-state index contributed by atoms with van der Waals surface area (Å²) < 4.78 is -0.452. The van der Waals surface area contributed by atoms with Crippen molar-refractivity contribution < 1.29 is 34.2 Å². The number of nitrogens with zero attached hydrogens (tertiary/aromatic N) is 1. The van der Waals surface area contributed by atoms with Gasteiger partial charge in [0.25, 0.3) is 0 Å². The molecule has 0 aliphatic rings. The van der Waals surface area contributed by atoms with Gasteiger partial charge in [-0.15, -0.1) is 0 Å². The first-order valence-corrected chi connectivity index (χ1v) is 16.9. The fourth-order valence-electron chi connectivity index (χ4n) is 6.62. The molecule has 0 aromatic heterocycles. The van der Waals surface area contributed by atoms with Crippen LogP contribution in [0.15, 0.2) is 12.2 Å². The molecule has 0 radical (unpaired) electrons. The number of quaternary nitrogens is 1. The number of carbonyl (C=O) groups is 3. The van der Waals surface area contributed by atoms with E-state index in [1.807, 2.05) is 6.08 Å². The van der Waals surface area contributed by atoms with E-state index in [9.17, 15) is 29.7 Å². The number of aliphatic carboxylic acids is 3. The van der Waals surface area contributed by atoms with Crippen LogP contribution in [0.25, 0.3) is 0 Å². The molecule has 0 fully saturated rings. The second-order valence-electron chi connectivity index (χ2n) is 11.9. The molecular formula is C34H64NO6+. The molecule has 0 saturated carbocycles. The van der Waals surface area contributed by atoms with Crippen LogP contribution in [0.1, 0.15) is 163 Å². The highest BCUT2D eigenvalue weighted by Crippen LogP contribution is 2.32. The van der Waals surface area contributed by atoms with Gasteiger partial charge in [0.2, 0.25) is 0 Å². The maximum atomic E-state index is 12.3. The molecule has 0 aliphatic heterocycles. The third-order valence-electron chi connectivity index (χ3n) is 8.83. The van der Waals surface area contributed by atoms with Crippen molar-refractivity contribution in [1.29, 1.82) is 0 Å². The molecular weight excluding hydrogens is 518 g/mol. The van der Waals surface area contributed by atoms with Crippen molar-refractivity contribution in [2.24, 2.45) is 0 Å². The van der Waals surface area contributed by atoms with Crippen molar-refractivity contribution >= 4 is 17.9 Å². The summed E-state index contributed by atoms with van der Waals surface area (Å²) in [7, 11) is 0. The molecule has 0 aromatic carbocycles. The van der Waals surface area contributed by atoms with Crippen LogP contribution in [0.2, 0.25) is 0 Å². The second kappa shape index (κ2) is 24.7. The summed E-state index contributed by atoms with van der Waals surface area (Å²) >= 11 is 0. The van der Waals surface area contributed by atoms with Crippen molar-refractivity contribution in [2.75, 3.05) is 6.54 Å². The second-order valence-corrected chi connectivity index (χ2v) is 11.9. The Morgan fingerprint density at radius 3 is 1.07 bits per heavy atom. The topological polar surface area (TPSA) is 112 Å². The van der Waals surface area contributed by atoms with Crippen LogP contribution < -0.4 is 0 Å². The van der Waals surface area contributed by atoms with E-state index in [-0.39, 0.29) is 25.8 Å². The van der Waals surface area contributed by atoms with E-state index in [1.54, 1.807) is 20.8 Å². The Bertz CT molecular complexity index is 667. The minimum atomic E-state index is -1.14. The maximum Gasteiger partial charge on any atom is 0.362 e. The van der Waals surface area contributed by atoms with Crippen molar-refractivity contribution in [3.8, 4) is 0 Å². The van der Waals surface area contributed by atoms with Crippen LogP contribution >= 0.6 is 0 Å². The molecule has 7 heteroatoms. The Morgan fingerprint density at radius 1 is 0.488 bits per heavy atom. The highest BCUT2D eigenvalue weighted by atomic mass is 16.4. The van der Waals surface area contributed by atoms with E-state index in [0.717, 1.165) is 12.8 Å². The number of carboxylic acid groups (broad SMARTS) is 3. The summed E-state index contributed by atoms with van der Waals surface area (Å²) in [4.78, 5) is 36.8. The lowest BCUT2D eigenvalue weighted by Gasteiger charge is -2.49. The average Bonchev–Trinajstić information content (AvgIpc) is 2.92. The molecule has 0 aromatic rings. The third kappa shape index (κ3) is 15.2. The average molecular weight is 583 g/mol. The zero-order valence-corrected chi connectivity index (χ0v) is 27.0. The minimum absolute atomic E-state index is 0.172. The molecule has 3 unspecified atom stereocenters. The Balaban J connectivity index is 4.50. The molecule has 3 N–H and O–H groups in total. The number of allylic oxidation sites excluding steroid dienone is 1. The summed E-state index contributed by atoms with van der Waals surface area (Å²) in [5.41, 5.74) is 0. The van der Waals surface area contributed by atoms with Gasteiger partial charge in [0.1, 0.15) is 0 Å². The van der Waals surface area contributed by atoms with Crippen LogP contribution in [0.4, 0.5) is 0 Å². The van der Waals surface area contributed by atoms with Crippen molar-refractivity contribution in [3.05, 3.63) is 12.2 Å². The molecule has 0 amide bonds. The highest BCUT2D eigenvalue weighted by molar-refractivity contribution is 5.78. The lowest BCUT2D eigenvalue weighted by Crippen LogP contribution is -2.72. The van der Waals surface area contributed by atoms with E-state index < -0.39 is 40.5 Å². The lowest BCUT2D eigenvalue weighted by atomic mass is 9.94. The Morgan fingerprint density at radius 2 is 0.780 bits per heavy atom. The number of rotatable bonds is 29. The van der Waals surface area contributed by atoms with Gasteiger partial charge in [0, 0.05) is 25.7 Å². The van der Waals surface area contributed by atoms with Crippen LogP contribution in [0.5, 0.6) is 0 Å². The fraction of sp³-hybridized carbons (Fsp3) is 0.853. The molecule has 0 aliphatic carbocycles. The van der Waals surface area contributed by atoms with Crippen LogP contribution in [0.3, 0.4) is 0 Å². The largest absolute Gasteiger partial charge is 0.477 e. The first-order chi connectivity index (χ1) is 19.7. The molecule has 3 atom stereocenters. The molecule has 240 valence electrons. The quantitative estimate of drug-likeness (QED) is 0.0461. The van der Waals surface area contributed by atoms with Gasteiger partial charge in [-0.25, -0.2) is 14.4 Å². The van der Waals surface area contributed by atoms with E-state index in [0.29, 0.717) is 6.42 Å². The molecule has 0 rings (SSSR count).